The van der Waals surface area contributed by atoms with Crippen LogP contribution in [0.3, 0.4) is 0 Å². The van der Waals surface area contributed by atoms with Gasteiger partial charge in [-0.2, -0.15) is 13.2 Å². The van der Waals surface area contributed by atoms with E-state index in [0.29, 0.717) is 51.1 Å². The second-order valence-electron chi connectivity index (χ2n) is 8.65. The highest BCUT2D eigenvalue weighted by atomic mass is 19.4. The fourth-order valence-electron chi connectivity index (χ4n) is 4.25. The predicted molar refractivity (Wildman–Crippen MR) is 127 cm³/mol. The van der Waals surface area contributed by atoms with Crippen molar-refractivity contribution in [3.05, 3.63) is 44.7 Å². The number of nitrogens with one attached hydrogen (secondary N) is 1. The molecule has 0 spiro atoms. The monoisotopic (exact) mass is 496 g/mol. The first-order valence-corrected chi connectivity index (χ1v) is 11.8. The lowest BCUT2D eigenvalue weighted by atomic mass is 9.95. The van der Waals surface area contributed by atoms with Crippen molar-refractivity contribution in [3.63, 3.8) is 0 Å². The van der Waals surface area contributed by atoms with Crippen molar-refractivity contribution in [1.82, 2.24) is 14.5 Å². The molecule has 0 saturated carbocycles. The Balaban J connectivity index is 1.78. The van der Waals surface area contributed by atoms with E-state index < -0.39 is 28.9 Å². The Morgan fingerprint density at radius 1 is 1.20 bits per heavy atom. The van der Waals surface area contributed by atoms with Crippen LogP contribution in [0.4, 0.5) is 30.5 Å². The van der Waals surface area contributed by atoms with Crippen LogP contribution in [-0.4, -0.2) is 40.1 Å². The number of aromatic amines is 1. The zero-order valence-corrected chi connectivity index (χ0v) is 19.9. The number of carbonyl (C=O) groups is 1. The summed E-state index contributed by atoms with van der Waals surface area (Å²) >= 11 is 0. The number of rotatable bonds is 8. The van der Waals surface area contributed by atoms with Gasteiger partial charge in [0.2, 0.25) is 5.91 Å². The maximum Gasteiger partial charge on any atom is 0.417 e. The normalized spacial score (nSPS) is 14.8. The molecule has 2 aromatic heterocycles. The number of pyridine rings is 1. The summed E-state index contributed by atoms with van der Waals surface area (Å²) < 4.78 is 39.7. The molecular weight excluding hydrogens is 465 g/mol. The molecule has 3 heterocycles. The molecule has 2 aromatic rings. The summed E-state index contributed by atoms with van der Waals surface area (Å²) in [7, 11) is 0. The van der Waals surface area contributed by atoms with Gasteiger partial charge in [-0.25, -0.2) is 9.78 Å². The van der Waals surface area contributed by atoms with Gasteiger partial charge in [-0.1, -0.05) is 20.3 Å². The third-order valence-electron chi connectivity index (χ3n) is 6.18. The van der Waals surface area contributed by atoms with E-state index in [-0.39, 0.29) is 24.0 Å². The molecule has 3 rings (SSSR count). The molecule has 1 fully saturated rings. The Bertz CT molecular complexity index is 1140. The number of anilines is 3. The minimum absolute atomic E-state index is 0.0145. The molecule has 12 heteroatoms. The lowest BCUT2D eigenvalue weighted by Crippen LogP contribution is -2.46. The van der Waals surface area contributed by atoms with Crippen LogP contribution in [0.1, 0.15) is 51.5 Å². The van der Waals surface area contributed by atoms with Gasteiger partial charge in [0, 0.05) is 38.3 Å². The van der Waals surface area contributed by atoms with Crippen molar-refractivity contribution in [2.45, 2.75) is 58.7 Å². The highest BCUT2D eigenvalue weighted by Crippen LogP contribution is 2.31. The standard InChI is InChI=1S/C23H31F3N6O3/c1-3-5-11-32-19(27)18(20(33)29-22(32)35)31(10-4-2)21(34)15-8-12-30(13-9-15)17-7-6-16(14-28-17)23(24,25)26/h6-7,14-15H,3-5,8-13,27H2,1-2H3,(H,29,33,35). The number of carbonyl (C=O) groups excluding carboxylic acids is 1. The van der Waals surface area contributed by atoms with Gasteiger partial charge in [0.1, 0.15) is 11.6 Å². The van der Waals surface area contributed by atoms with Crippen molar-refractivity contribution in [2.75, 3.05) is 35.2 Å². The van der Waals surface area contributed by atoms with Crippen LogP contribution < -0.4 is 26.8 Å². The average molecular weight is 497 g/mol. The first-order chi connectivity index (χ1) is 16.6. The van der Waals surface area contributed by atoms with E-state index in [9.17, 15) is 27.6 Å². The van der Waals surface area contributed by atoms with Gasteiger partial charge in [0.15, 0.2) is 5.69 Å². The zero-order valence-electron chi connectivity index (χ0n) is 19.9. The second kappa shape index (κ2) is 11.0. The van der Waals surface area contributed by atoms with E-state index in [1.54, 1.807) is 0 Å². The highest BCUT2D eigenvalue weighted by molar-refractivity contribution is 5.97. The Kier molecular flexibility index (Phi) is 8.23. The predicted octanol–water partition coefficient (Wildman–Crippen LogP) is 2.99. The lowest BCUT2D eigenvalue weighted by molar-refractivity contribution is -0.137. The Morgan fingerprint density at radius 3 is 2.43 bits per heavy atom. The number of halogens is 3. The van der Waals surface area contributed by atoms with Crippen LogP contribution in [-0.2, 0) is 17.5 Å². The SMILES string of the molecule is CCCCn1c(N)c(N(CCC)C(=O)C2CCN(c3ccc(C(F)(F)F)cn3)CC2)c(=O)[nH]c1=O. The van der Waals surface area contributed by atoms with Gasteiger partial charge >= 0.3 is 11.9 Å². The van der Waals surface area contributed by atoms with Crippen molar-refractivity contribution in [2.24, 2.45) is 5.92 Å². The fourth-order valence-corrected chi connectivity index (χ4v) is 4.25. The molecular formula is C23H31F3N6O3. The molecule has 0 aromatic carbocycles. The molecule has 1 aliphatic rings. The van der Waals surface area contributed by atoms with Crippen molar-refractivity contribution in [3.8, 4) is 0 Å². The quantitative estimate of drug-likeness (QED) is 0.580. The van der Waals surface area contributed by atoms with Crippen LogP contribution in [0.25, 0.3) is 0 Å². The third-order valence-corrected chi connectivity index (χ3v) is 6.18. The number of unbranched alkanes of at least 4 members (excludes halogenated alkanes) is 1. The summed E-state index contributed by atoms with van der Waals surface area (Å²) in [6, 6.07) is 2.32. The molecule has 1 amide bonds. The smallest absolute Gasteiger partial charge is 0.383 e. The number of hydrogen-bond donors (Lipinski definition) is 2. The van der Waals surface area contributed by atoms with Gasteiger partial charge in [0.25, 0.3) is 5.56 Å². The van der Waals surface area contributed by atoms with Gasteiger partial charge in [-0.05, 0) is 37.8 Å². The van der Waals surface area contributed by atoms with Crippen molar-refractivity contribution >= 4 is 23.2 Å². The van der Waals surface area contributed by atoms with Gasteiger partial charge in [-0.3, -0.25) is 19.1 Å². The molecule has 0 aliphatic carbocycles. The molecule has 35 heavy (non-hydrogen) atoms. The number of nitrogen functional groups attached to an aromatic ring is 1. The lowest BCUT2D eigenvalue weighted by Gasteiger charge is -2.35. The first-order valence-electron chi connectivity index (χ1n) is 11.8. The number of H-pyrrole nitrogens is 1. The third kappa shape index (κ3) is 5.85. The van der Waals surface area contributed by atoms with Crippen LogP contribution in [0.5, 0.6) is 0 Å². The second-order valence-corrected chi connectivity index (χ2v) is 8.65. The van der Waals surface area contributed by atoms with E-state index in [0.717, 1.165) is 18.7 Å². The van der Waals surface area contributed by atoms with E-state index >= 15 is 0 Å². The summed E-state index contributed by atoms with van der Waals surface area (Å²) in [5, 5.41) is 0. The Hall–Kier alpha value is -3.31. The van der Waals surface area contributed by atoms with E-state index in [2.05, 4.69) is 9.97 Å². The summed E-state index contributed by atoms with van der Waals surface area (Å²) in [4.78, 5) is 47.8. The Morgan fingerprint density at radius 2 is 1.89 bits per heavy atom. The van der Waals surface area contributed by atoms with Gasteiger partial charge in [0.05, 0.1) is 5.56 Å². The molecule has 0 bridgehead atoms. The summed E-state index contributed by atoms with van der Waals surface area (Å²) in [6.45, 7) is 5.29. The van der Waals surface area contributed by atoms with E-state index in [4.69, 9.17) is 5.73 Å². The minimum atomic E-state index is -4.45. The molecule has 0 atom stereocenters. The van der Waals surface area contributed by atoms with Crippen LogP contribution >= 0.6 is 0 Å². The van der Waals surface area contributed by atoms with Crippen LogP contribution in [0, 0.1) is 5.92 Å². The van der Waals surface area contributed by atoms with Crippen LogP contribution in [0.2, 0.25) is 0 Å². The minimum Gasteiger partial charge on any atom is -0.383 e. The largest absolute Gasteiger partial charge is 0.417 e. The molecule has 3 N–H and O–H groups in total. The number of piperidine rings is 1. The number of hydrogen-bond acceptors (Lipinski definition) is 6. The fraction of sp³-hybridized carbons (Fsp3) is 0.565. The molecule has 1 saturated heterocycles. The molecule has 9 nitrogen and oxygen atoms in total. The zero-order chi connectivity index (χ0) is 25.8. The number of nitrogens with zero attached hydrogens (tertiary/aromatic N) is 4. The first kappa shape index (κ1) is 26.3. The number of aromatic nitrogens is 3. The maximum absolute atomic E-state index is 13.5. The maximum atomic E-state index is 13.5. The van der Waals surface area contributed by atoms with E-state index in [1.165, 1.54) is 15.5 Å². The molecule has 0 radical (unpaired) electrons. The molecule has 1 aliphatic heterocycles. The number of alkyl halides is 3. The van der Waals surface area contributed by atoms with Crippen molar-refractivity contribution < 1.29 is 18.0 Å². The van der Waals surface area contributed by atoms with Gasteiger partial charge in [-0.15, -0.1) is 0 Å². The van der Waals surface area contributed by atoms with Gasteiger partial charge < -0.3 is 15.5 Å². The average Bonchev–Trinajstić information content (AvgIpc) is 2.82. The van der Waals surface area contributed by atoms with Crippen molar-refractivity contribution in [1.29, 1.82) is 0 Å². The number of nitrogens with two attached hydrogens (primary N) is 1. The Labute approximate surface area is 200 Å². The summed E-state index contributed by atoms with van der Waals surface area (Å²) in [5.74, 6) is -0.273. The molecule has 192 valence electrons. The summed E-state index contributed by atoms with van der Waals surface area (Å²) in [5.41, 5.74) is 4.08. The van der Waals surface area contributed by atoms with E-state index in [1.807, 2.05) is 18.7 Å². The summed E-state index contributed by atoms with van der Waals surface area (Å²) in [6.07, 6.45) is -0.681. The molecule has 0 unspecified atom stereocenters. The topological polar surface area (TPSA) is 117 Å². The highest BCUT2D eigenvalue weighted by Gasteiger charge is 2.33. The number of amides is 1. The van der Waals surface area contributed by atoms with Crippen LogP contribution in [0.15, 0.2) is 27.9 Å².